The standard InChI is InChI=1S/C18H16OSi.C6HF5N.Zn/c19-20(16-10-4-1-5-11-16,17-12-6-2-7-13-17)18-14-8-3-9-15-18;7-2-1-3(12-11)5(9)6(10)4(2)8;/h1-15,19H;1H;/q;-1;. The number of rotatable bonds is 4. The molecule has 0 spiro atoms. The topological polar surface area (TPSA) is 34.3 Å². The monoisotopic (exact) mass is 522 g/mol. The molecule has 0 aliphatic rings. The average molecular weight is 524 g/mol. The van der Waals surface area contributed by atoms with Crippen molar-refractivity contribution in [2.24, 2.45) is 0 Å². The van der Waals surface area contributed by atoms with Gasteiger partial charge in [0.2, 0.25) is 0 Å². The summed E-state index contributed by atoms with van der Waals surface area (Å²) >= 11 is 0. The van der Waals surface area contributed by atoms with Crippen LogP contribution in [0.15, 0.2) is 97.1 Å². The van der Waals surface area contributed by atoms with E-state index in [1.165, 1.54) is 0 Å². The summed E-state index contributed by atoms with van der Waals surface area (Å²) in [6.45, 7) is 0. The quantitative estimate of drug-likeness (QED) is 0.135. The molecular formula is C24H17F5NOSiZn-. The zero-order valence-electron chi connectivity index (χ0n) is 17.2. The van der Waals surface area contributed by atoms with Gasteiger partial charge in [-0.25, -0.2) is 17.6 Å². The van der Waals surface area contributed by atoms with Gasteiger partial charge >= 0.3 is 0 Å². The first-order chi connectivity index (χ1) is 15.4. The van der Waals surface area contributed by atoms with Crippen molar-refractivity contribution in [3.63, 3.8) is 0 Å². The van der Waals surface area contributed by atoms with E-state index in [0.717, 1.165) is 15.6 Å². The number of hydrogen-bond donors (Lipinski definition) is 1. The molecule has 0 fully saturated rings. The summed E-state index contributed by atoms with van der Waals surface area (Å²) in [7, 11) is -2.88. The van der Waals surface area contributed by atoms with Crippen molar-refractivity contribution in [3.8, 4) is 0 Å². The maximum atomic E-state index is 12.3. The van der Waals surface area contributed by atoms with Gasteiger partial charge < -0.3 is 14.8 Å². The van der Waals surface area contributed by atoms with Gasteiger partial charge in [0.25, 0.3) is 8.32 Å². The molecule has 0 bridgehead atoms. The Balaban J connectivity index is 0.000000257. The third-order valence-electron chi connectivity index (χ3n) is 4.75. The van der Waals surface area contributed by atoms with E-state index in [1.54, 1.807) is 5.54 Å². The minimum atomic E-state index is -2.88. The summed E-state index contributed by atoms with van der Waals surface area (Å²) in [4.78, 5) is 11.6. The summed E-state index contributed by atoms with van der Waals surface area (Å²) in [6, 6.07) is 30.1. The molecule has 9 heteroatoms. The van der Waals surface area contributed by atoms with E-state index < -0.39 is 37.3 Å². The van der Waals surface area contributed by atoms with Crippen LogP contribution in [0.4, 0.5) is 27.7 Å². The number of hydrogen-bond acceptors (Lipinski definition) is 1. The van der Waals surface area contributed by atoms with E-state index >= 15 is 0 Å². The third kappa shape index (κ3) is 5.74. The predicted molar refractivity (Wildman–Crippen MR) is 117 cm³/mol. The molecule has 2 nitrogen and oxygen atoms in total. The first-order valence-corrected chi connectivity index (χ1v) is 11.4. The second-order valence-corrected chi connectivity index (χ2v) is 9.87. The normalized spacial score (nSPS) is 10.5. The maximum absolute atomic E-state index is 12.3. The van der Waals surface area contributed by atoms with Crippen LogP contribution in [0.3, 0.4) is 0 Å². The third-order valence-corrected chi connectivity index (χ3v) is 8.26. The number of nitrogens with zero attached hydrogens (tertiary/aromatic N) is 1. The van der Waals surface area contributed by atoms with Crippen molar-refractivity contribution >= 4 is 29.6 Å². The molecular weight excluding hydrogens is 507 g/mol. The van der Waals surface area contributed by atoms with Crippen molar-refractivity contribution in [2.75, 3.05) is 0 Å². The molecule has 0 atom stereocenters. The van der Waals surface area contributed by atoms with Gasteiger partial charge in [-0.3, -0.25) is 0 Å². The van der Waals surface area contributed by atoms with Crippen LogP contribution in [0.25, 0.3) is 5.54 Å². The van der Waals surface area contributed by atoms with Crippen molar-refractivity contribution in [3.05, 3.63) is 126 Å². The summed E-state index contributed by atoms with van der Waals surface area (Å²) in [5.41, 5.74) is 0.509. The molecule has 0 aromatic heterocycles. The van der Waals surface area contributed by atoms with Crippen LogP contribution < -0.4 is 15.6 Å². The Morgan fingerprint density at radius 2 is 0.939 bits per heavy atom. The Morgan fingerprint density at radius 1 is 0.576 bits per heavy atom. The van der Waals surface area contributed by atoms with E-state index in [4.69, 9.17) is 0 Å². The molecule has 33 heavy (non-hydrogen) atoms. The van der Waals surface area contributed by atoms with Crippen molar-refractivity contribution < 1.29 is 46.3 Å². The van der Waals surface area contributed by atoms with Gasteiger partial charge in [-0.1, -0.05) is 96.7 Å². The SMILES string of the molecule is F[N-]c1cc(F)c(F)c(F)c1F.O[Si](c1ccccc1)(c1ccccc1)c1ccccc1.[Zn]. The molecule has 166 valence electrons. The maximum Gasteiger partial charge on any atom is 0.285 e. The Labute approximate surface area is 201 Å². The van der Waals surface area contributed by atoms with Crippen LogP contribution in [-0.2, 0) is 19.5 Å². The van der Waals surface area contributed by atoms with Crippen LogP contribution in [0.1, 0.15) is 0 Å². The van der Waals surface area contributed by atoms with Crippen LogP contribution in [-0.4, -0.2) is 13.1 Å². The summed E-state index contributed by atoms with van der Waals surface area (Å²) in [5, 5.41) is 3.03. The minimum absolute atomic E-state index is 0. The van der Waals surface area contributed by atoms with E-state index in [0.29, 0.717) is 0 Å². The van der Waals surface area contributed by atoms with Gasteiger partial charge in [0, 0.05) is 19.5 Å². The minimum Gasteiger partial charge on any atom is -0.518 e. The molecule has 4 aromatic rings. The molecule has 0 heterocycles. The fraction of sp³-hybridized carbons (Fsp3) is 0. The van der Waals surface area contributed by atoms with Gasteiger partial charge in [0.1, 0.15) is 5.82 Å². The smallest absolute Gasteiger partial charge is 0.285 e. The molecule has 1 N–H and O–H groups in total. The molecule has 4 aromatic carbocycles. The van der Waals surface area contributed by atoms with E-state index in [-0.39, 0.29) is 25.5 Å². The summed E-state index contributed by atoms with van der Waals surface area (Å²) < 4.78 is 60.3. The Kier molecular flexibility index (Phi) is 9.46. The molecule has 4 rings (SSSR count). The molecule has 0 radical (unpaired) electrons. The van der Waals surface area contributed by atoms with Crippen LogP contribution >= 0.6 is 0 Å². The molecule has 0 aliphatic carbocycles. The van der Waals surface area contributed by atoms with Gasteiger partial charge in [-0.2, -0.15) is 0 Å². The van der Waals surface area contributed by atoms with Gasteiger partial charge in [0.15, 0.2) is 17.5 Å². The average Bonchev–Trinajstić information content (AvgIpc) is 2.86. The molecule has 0 saturated heterocycles. The van der Waals surface area contributed by atoms with E-state index in [1.807, 2.05) is 91.0 Å². The second-order valence-electron chi connectivity index (χ2n) is 6.71. The molecule has 0 saturated carbocycles. The van der Waals surface area contributed by atoms with Crippen molar-refractivity contribution in [2.45, 2.75) is 0 Å². The summed E-state index contributed by atoms with van der Waals surface area (Å²) in [5.74, 6) is -7.60. The second kappa shape index (κ2) is 11.8. The zero-order valence-corrected chi connectivity index (χ0v) is 21.2. The van der Waals surface area contributed by atoms with Crippen LogP contribution in [0.5, 0.6) is 0 Å². The number of halogens is 5. The number of benzene rings is 4. The largest absolute Gasteiger partial charge is 0.518 e. The zero-order chi connectivity index (χ0) is 23.1. The Bertz CT molecular complexity index is 1070. The Morgan fingerprint density at radius 3 is 1.27 bits per heavy atom. The van der Waals surface area contributed by atoms with Crippen molar-refractivity contribution in [1.29, 1.82) is 0 Å². The first kappa shape index (κ1) is 26.4. The summed E-state index contributed by atoms with van der Waals surface area (Å²) in [6.07, 6.45) is 0. The van der Waals surface area contributed by atoms with Gasteiger partial charge in [-0.15, -0.1) is 0 Å². The van der Waals surface area contributed by atoms with Crippen LogP contribution in [0, 0.1) is 23.3 Å². The van der Waals surface area contributed by atoms with Crippen molar-refractivity contribution in [1.82, 2.24) is 0 Å². The first-order valence-electron chi connectivity index (χ1n) is 9.43. The van der Waals surface area contributed by atoms with Gasteiger partial charge in [-0.05, 0) is 21.6 Å². The van der Waals surface area contributed by atoms with E-state index in [9.17, 15) is 26.8 Å². The Hall–Kier alpha value is -2.87. The fourth-order valence-electron chi connectivity index (χ4n) is 3.16. The fourth-order valence-corrected chi connectivity index (χ4v) is 6.18. The van der Waals surface area contributed by atoms with Gasteiger partial charge in [0.05, 0.1) is 0 Å². The van der Waals surface area contributed by atoms with Crippen LogP contribution in [0.2, 0.25) is 0 Å². The molecule has 0 amide bonds. The molecule has 0 unspecified atom stereocenters. The predicted octanol–water partition coefficient (Wildman–Crippen LogP) is 4.78. The van der Waals surface area contributed by atoms with E-state index in [2.05, 4.69) is 0 Å². The molecule has 0 aliphatic heterocycles.